The Hall–Kier alpha value is -1.24. The summed E-state index contributed by atoms with van der Waals surface area (Å²) in [6.07, 6.45) is 0.653. The molecular formula is C12H22N4O2S. The first-order valence-electron chi connectivity index (χ1n) is 6.50. The molecule has 0 spiro atoms. The molecule has 0 aliphatic carbocycles. The summed E-state index contributed by atoms with van der Waals surface area (Å²) in [5.74, 6) is 1.29. The molecule has 6 nitrogen and oxygen atoms in total. The average molecular weight is 286 g/mol. The molecule has 1 fully saturated rings. The van der Waals surface area contributed by atoms with Crippen molar-refractivity contribution in [3.05, 3.63) is 5.69 Å². The van der Waals surface area contributed by atoms with Gasteiger partial charge in [0.1, 0.15) is 0 Å². The Morgan fingerprint density at radius 3 is 2.58 bits per heavy atom. The maximum absolute atomic E-state index is 11.6. The Morgan fingerprint density at radius 2 is 2.11 bits per heavy atom. The van der Waals surface area contributed by atoms with Gasteiger partial charge in [-0.15, -0.1) is 0 Å². The standard InChI is InChI=1S/C12H22N4O2S/c1-8(2)16-12(11(13)9(3)14-16)15(4)10-5-6-19(17,18)7-10/h8,10H,5-7,13H2,1-4H3. The fourth-order valence-electron chi connectivity index (χ4n) is 2.51. The second kappa shape index (κ2) is 4.70. The van der Waals surface area contributed by atoms with Gasteiger partial charge in [-0.3, -0.25) is 0 Å². The number of aryl methyl sites for hydroxylation is 1. The van der Waals surface area contributed by atoms with Crippen LogP contribution in [-0.4, -0.2) is 42.8 Å². The van der Waals surface area contributed by atoms with Crippen LogP contribution < -0.4 is 10.6 Å². The molecule has 1 aromatic rings. The molecular weight excluding hydrogens is 264 g/mol. The second-order valence-corrected chi connectivity index (χ2v) is 7.76. The Morgan fingerprint density at radius 1 is 1.47 bits per heavy atom. The molecule has 2 N–H and O–H groups in total. The first-order valence-corrected chi connectivity index (χ1v) is 8.33. The minimum atomic E-state index is -2.90. The summed E-state index contributed by atoms with van der Waals surface area (Å²) in [5.41, 5.74) is 7.53. The van der Waals surface area contributed by atoms with E-state index in [1.165, 1.54) is 0 Å². The zero-order valence-corrected chi connectivity index (χ0v) is 12.7. The van der Waals surface area contributed by atoms with Gasteiger partial charge in [-0.2, -0.15) is 5.10 Å². The third kappa shape index (κ3) is 2.56. The Bertz CT molecular complexity index is 577. The molecule has 2 heterocycles. The van der Waals surface area contributed by atoms with Gasteiger partial charge in [-0.1, -0.05) is 0 Å². The van der Waals surface area contributed by atoms with Crippen LogP contribution in [0.15, 0.2) is 0 Å². The fraction of sp³-hybridized carbons (Fsp3) is 0.750. The lowest BCUT2D eigenvalue weighted by atomic mass is 10.2. The average Bonchev–Trinajstić information content (AvgIpc) is 2.80. The lowest BCUT2D eigenvalue weighted by Crippen LogP contribution is -2.35. The summed E-state index contributed by atoms with van der Waals surface area (Å²) in [6, 6.07) is 0.173. The SMILES string of the molecule is Cc1nn(C(C)C)c(N(C)C2CCS(=O)(=O)C2)c1N. The second-order valence-electron chi connectivity index (χ2n) is 5.53. The van der Waals surface area contributed by atoms with Crippen LogP contribution in [0.4, 0.5) is 11.5 Å². The number of sulfone groups is 1. The van der Waals surface area contributed by atoms with E-state index in [-0.39, 0.29) is 23.6 Å². The van der Waals surface area contributed by atoms with Gasteiger partial charge in [-0.25, -0.2) is 13.1 Å². The molecule has 1 unspecified atom stereocenters. The predicted octanol–water partition coefficient (Wildman–Crippen LogP) is 0.978. The quantitative estimate of drug-likeness (QED) is 0.895. The molecule has 0 amide bonds. The predicted molar refractivity (Wildman–Crippen MR) is 77.2 cm³/mol. The van der Waals surface area contributed by atoms with Gasteiger partial charge in [0.2, 0.25) is 0 Å². The smallest absolute Gasteiger partial charge is 0.152 e. The van der Waals surface area contributed by atoms with Crippen molar-refractivity contribution >= 4 is 21.3 Å². The molecule has 1 aliphatic heterocycles. The summed E-state index contributed by atoms with van der Waals surface area (Å²) < 4.78 is 25.1. The van der Waals surface area contributed by atoms with E-state index in [0.717, 1.165) is 11.5 Å². The summed E-state index contributed by atoms with van der Waals surface area (Å²) in [7, 11) is -1.000. The highest BCUT2D eigenvalue weighted by atomic mass is 32.2. The molecule has 0 saturated carbocycles. The van der Waals surface area contributed by atoms with Crippen molar-refractivity contribution in [2.45, 2.75) is 39.3 Å². The van der Waals surface area contributed by atoms with E-state index < -0.39 is 9.84 Å². The van der Waals surface area contributed by atoms with Crippen molar-refractivity contribution < 1.29 is 8.42 Å². The van der Waals surface area contributed by atoms with Crippen molar-refractivity contribution in [3.8, 4) is 0 Å². The molecule has 19 heavy (non-hydrogen) atoms. The van der Waals surface area contributed by atoms with E-state index in [1.54, 1.807) is 0 Å². The Balaban J connectivity index is 2.36. The van der Waals surface area contributed by atoms with Gasteiger partial charge in [0.25, 0.3) is 0 Å². The van der Waals surface area contributed by atoms with Crippen LogP contribution in [-0.2, 0) is 9.84 Å². The van der Waals surface area contributed by atoms with Crippen molar-refractivity contribution in [2.75, 3.05) is 29.2 Å². The highest BCUT2D eigenvalue weighted by molar-refractivity contribution is 7.91. The highest BCUT2D eigenvalue weighted by Gasteiger charge is 2.33. The zero-order valence-electron chi connectivity index (χ0n) is 11.9. The lowest BCUT2D eigenvalue weighted by molar-refractivity contribution is 0.517. The minimum Gasteiger partial charge on any atom is -0.394 e. The first-order chi connectivity index (χ1) is 8.73. The van der Waals surface area contributed by atoms with Crippen molar-refractivity contribution in [2.24, 2.45) is 0 Å². The van der Waals surface area contributed by atoms with Gasteiger partial charge in [-0.05, 0) is 27.2 Å². The molecule has 108 valence electrons. The number of hydrogen-bond acceptors (Lipinski definition) is 5. The van der Waals surface area contributed by atoms with E-state index in [1.807, 2.05) is 37.4 Å². The van der Waals surface area contributed by atoms with Gasteiger partial charge >= 0.3 is 0 Å². The number of hydrogen-bond donors (Lipinski definition) is 1. The van der Waals surface area contributed by atoms with Crippen LogP contribution in [0.2, 0.25) is 0 Å². The van der Waals surface area contributed by atoms with Gasteiger partial charge in [0, 0.05) is 19.1 Å². The highest BCUT2D eigenvalue weighted by Crippen LogP contribution is 2.32. The number of nitrogens with two attached hydrogens (primary N) is 1. The molecule has 1 atom stereocenters. The number of rotatable bonds is 3. The lowest BCUT2D eigenvalue weighted by Gasteiger charge is -2.27. The van der Waals surface area contributed by atoms with Crippen LogP contribution >= 0.6 is 0 Å². The molecule has 1 aromatic heterocycles. The topological polar surface area (TPSA) is 81.2 Å². The molecule has 0 radical (unpaired) electrons. The molecule has 1 aliphatic rings. The molecule has 0 aromatic carbocycles. The third-order valence-corrected chi connectivity index (χ3v) is 5.44. The summed E-state index contributed by atoms with van der Waals surface area (Å²) in [5, 5.41) is 4.44. The van der Waals surface area contributed by atoms with Crippen LogP contribution in [0.25, 0.3) is 0 Å². The fourth-order valence-corrected chi connectivity index (χ4v) is 4.29. The zero-order chi connectivity index (χ0) is 14.4. The molecule has 0 bridgehead atoms. The minimum absolute atomic E-state index is 0.0131. The van der Waals surface area contributed by atoms with E-state index in [9.17, 15) is 8.42 Å². The van der Waals surface area contributed by atoms with Crippen LogP contribution in [0.5, 0.6) is 0 Å². The normalized spacial score (nSPS) is 22.1. The van der Waals surface area contributed by atoms with Crippen molar-refractivity contribution in [1.29, 1.82) is 0 Å². The number of anilines is 2. The first kappa shape index (κ1) is 14.2. The summed E-state index contributed by atoms with van der Waals surface area (Å²) in [6.45, 7) is 5.94. The van der Waals surface area contributed by atoms with Crippen molar-refractivity contribution in [1.82, 2.24) is 9.78 Å². The van der Waals surface area contributed by atoms with E-state index in [2.05, 4.69) is 5.10 Å². The maximum atomic E-state index is 11.6. The summed E-state index contributed by atoms with van der Waals surface area (Å²) in [4.78, 5) is 1.97. The van der Waals surface area contributed by atoms with Crippen LogP contribution in [0.3, 0.4) is 0 Å². The maximum Gasteiger partial charge on any atom is 0.152 e. The number of nitrogens with zero attached hydrogens (tertiary/aromatic N) is 3. The molecule has 2 rings (SSSR count). The third-order valence-electron chi connectivity index (χ3n) is 3.68. The monoisotopic (exact) mass is 286 g/mol. The Kier molecular flexibility index (Phi) is 3.51. The van der Waals surface area contributed by atoms with E-state index >= 15 is 0 Å². The molecule has 7 heteroatoms. The van der Waals surface area contributed by atoms with Crippen LogP contribution in [0, 0.1) is 6.92 Å². The largest absolute Gasteiger partial charge is 0.394 e. The number of aromatic nitrogens is 2. The van der Waals surface area contributed by atoms with E-state index in [4.69, 9.17) is 5.73 Å². The Labute approximate surface area is 114 Å². The van der Waals surface area contributed by atoms with Crippen LogP contribution in [0.1, 0.15) is 32.0 Å². The van der Waals surface area contributed by atoms with Gasteiger partial charge < -0.3 is 10.6 Å². The van der Waals surface area contributed by atoms with E-state index in [0.29, 0.717) is 12.1 Å². The van der Waals surface area contributed by atoms with Gasteiger partial charge in [0.15, 0.2) is 15.7 Å². The van der Waals surface area contributed by atoms with Gasteiger partial charge in [0.05, 0.1) is 22.9 Å². The van der Waals surface area contributed by atoms with Crippen molar-refractivity contribution in [3.63, 3.8) is 0 Å². The molecule has 1 saturated heterocycles. The summed E-state index contributed by atoms with van der Waals surface area (Å²) >= 11 is 0. The number of nitrogen functional groups attached to an aromatic ring is 1.